The number of hydrogen-bond donors (Lipinski definition) is 0. The fraction of sp³-hybridized carbons (Fsp3) is 0.591. The lowest BCUT2D eigenvalue weighted by Crippen LogP contribution is -2.53. The molecule has 5 heteroatoms. The summed E-state index contributed by atoms with van der Waals surface area (Å²) >= 11 is 1.75. The van der Waals surface area contributed by atoms with Gasteiger partial charge in [0.25, 0.3) is 0 Å². The Hall–Kier alpha value is -1.10. The first-order valence-corrected chi connectivity index (χ1v) is 11.0. The summed E-state index contributed by atoms with van der Waals surface area (Å²) in [5, 5.41) is 3.44. The van der Waals surface area contributed by atoms with E-state index < -0.39 is 0 Å². The monoisotopic (exact) mass is 406 g/mol. The highest BCUT2D eigenvalue weighted by Gasteiger charge is 2.35. The zero-order valence-corrected chi connectivity index (χ0v) is 18.1. The maximum Gasteiger partial charge on any atom is 0.227 e. The van der Waals surface area contributed by atoms with Crippen LogP contribution < -0.4 is 0 Å². The number of carbonyl (C=O) groups is 1. The van der Waals surface area contributed by atoms with Gasteiger partial charge in [-0.15, -0.1) is 23.7 Å². The Morgan fingerprint density at radius 1 is 1.19 bits per heavy atom. The van der Waals surface area contributed by atoms with Crippen molar-refractivity contribution in [1.29, 1.82) is 0 Å². The first kappa shape index (κ1) is 20.6. The van der Waals surface area contributed by atoms with Gasteiger partial charge in [0.15, 0.2) is 0 Å². The molecule has 1 aliphatic heterocycles. The summed E-state index contributed by atoms with van der Waals surface area (Å²) in [7, 11) is 2.04. The second-order valence-electron chi connectivity index (χ2n) is 8.10. The molecule has 2 aromatic rings. The van der Waals surface area contributed by atoms with Crippen molar-refractivity contribution in [3.05, 3.63) is 34.7 Å². The summed E-state index contributed by atoms with van der Waals surface area (Å²) < 4.78 is 1.29. The lowest BCUT2D eigenvalue weighted by molar-refractivity contribution is -0.133. The fourth-order valence-corrected chi connectivity index (χ4v) is 5.79. The molecule has 0 N–H and O–H groups in total. The molecule has 148 valence electrons. The standard InChI is InChI=1S/C22H30N2OS.ClH/c1-16-9-10-21-18(13-16)17(15-26-21)14-22(25)23(2)19-7-3-4-8-20(19)24-11-5-6-12-24;/h9-10,13,15,19-20H,3-8,11-12,14H2,1-2H3;1H. The summed E-state index contributed by atoms with van der Waals surface area (Å²) in [5.41, 5.74) is 2.46. The Morgan fingerprint density at radius 3 is 2.70 bits per heavy atom. The highest BCUT2D eigenvalue weighted by atomic mass is 35.5. The number of halogens is 1. The normalized spacial score (nSPS) is 23.3. The molecule has 0 bridgehead atoms. The predicted octanol–water partition coefficient (Wildman–Crippen LogP) is 5.04. The molecule has 1 aliphatic carbocycles. The summed E-state index contributed by atoms with van der Waals surface area (Å²) in [5.74, 6) is 0.280. The molecule has 1 aromatic carbocycles. The average molecular weight is 407 g/mol. The van der Waals surface area contributed by atoms with Gasteiger partial charge in [0, 0.05) is 23.8 Å². The Balaban J connectivity index is 0.00000210. The van der Waals surface area contributed by atoms with E-state index >= 15 is 0 Å². The van der Waals surface area contributed by atoms with E-state index in [0.29, 0.717) is 18.5 Å². The second-order valence-corrected chi connectivity index (χ2v) is 9.02. The Morgan fingerprint density at radius 2 is 1.93 bits per heavy atom. The van der Waals surface area contributed by atoms with Crippen molar-refractivity contribution in [3.63, 3.8) is 0 Å². The van der Waals surface area contributed by atoms with E-state index in [1.54, 1.807) is 11.3 Å². The van der Waals surface area contributed by atoms with Crippen molar-refractivity contribution in [2.75, 3.05) is 20.1 Å². The van der Waals surface area contributed by atoms with Crippen LogP contribution in [-0.2, 0) is 11.2 Å². The van der Waals surface area contributed by atoms with E-state index in [4.69, 9.17) is 0 Å². The molecule has 1 amide bonds. The predicted molar refractivity (Wildman–Crippen MR) is 117 cm³/mol. The molecular formula is C22H31ClN2OS. The van der Waals surface area contributed by atoms with Crippen LogP contribution in [0, 0.1) is 6.92 Å². The average Bonchev–Trinajstić information content (AvgIpc) is 3.31. The fourth-order valence-electron chi connectivity index (χ4n) is 4.85. The van der Waals surface area contributed by atoms with E-state index in [-0.39, 0.29) is 18.3 Å². The smallest absolute Gasteiger partial charge is 0.227 e. The molecule has 1 aromatic heterocycles. The zero-order valence-electron chi connectivity index (χ0n) is 16.4. The Bertz CT molecular complexity index is 784. The summed E-state index contributed by atoms with van der Waals surface area (Å²) in [6, 6.07) is 7.52. The SMILES string of the molecule is Cc1ccc2scc(CC(=O)N(C)C3CCCCC3N3CCCC3)c2c1.Cl. The van der Waals surface area contributed by atoms with Gasteiger partial charge in [0.05, 0.1) is 6.42 Å². The van der Waals surface area contributed by atoms with Crippen LogP contribution >= 0.6 is 23.7 Å². The van der Waals surface area contributed by atoms with Crippen LogP contribution in [0.25, 0.3) is 10.1 Å². The Labute approximate surface area is 173 Å². The molecule has 2 aliphatic rings. The van der Waals surface area contributed by atoms with E-state index in [9.17, 15) is 4.79 Å². The van der Waals surface area contributed by atoms with Crippen molar-refractivity contribution in [3.8, 4) is 0 Å². The largest absolute Gasteiger partial charge is 0.341 e. The molecule has 2 fully saturated rings. The van der Waals surface area contributed by atoms with Crippen LogP contribution in [0.15, 0.2) is 23.6 Å². The number of aryl methyl sites for hydroxylation is 1. The quantitative estimate of drug-likeness (QED) is 0.710. The van der Waals surface area contributed by atoms with Crippen molar-refractivity contribution < 1.29 is 4.79 Å². The number of carbonyl (C=O) groups excluding carboxylic acids is 1. The van der Waals surface area contributed by atoms with Crippen molar-refractivity contribution in [2.45, 2.75) is 64.0 Å². The highest BCUT2D eigenvalue weighted by molar-refractivity contribution is 7.17. The van der Waals surface area contributed by atoms with Crippen LogP contribution in [0.4, 0.5) is 0 Å². The maximum absolute atomic E-state index is 13.1. The number of likely N-dealkylation sites (N-methyl/N-ethyl adjacent to an activating group) is 1. The van der Waals surface area contributed by atoms with Gasteiger partial charge >= 0.3 is 0 Å². The van der Waals surface area contributed by atoms with E-state index in [0.717, 1.165) is 6.42 Å². The van der Waals surface area contributed by atoms with E-state index in [2.05, 4.69) is 40.3 Å². The highest BCUT2D eigenvalue weighted by Crippen LogP contribution is 2.31. The molecule has 4 rings (SSSR count). The molecule has 2 atom stereocenters. The number of likely N-dealkylation sites (tertiary alicyclic amines) is 1. The van der Waals surface area contributed by atoms with Crippen molar-refractivity contribution in [1.82, 2.24) is 9.80 Å². The first-order chi connectivity index (χ1) is 12.6. The first-order valence-electron chi connectivity index (χ1n) is 10.1. The van der Waals surface area contributed by atoms with Crippen LogP contribution in [0.3, 0.4) is 0 Å². The number of fused-ring (bicyclic) bond motifs is 1. The number of nitrogens with zero attached hydrogens (tertiary/aromatic N) is 2. The van der Waals surface area contributed by atoms with Gasteiger partial charge in [0.2, 0.25) is 5.91 Å². The zero-order chi connectivity index (χ0) is 18.1. The number of benzene rings is 1. The van der Waals surface area contributed by atoms with E-state index in [1.807, 2.05) is 7.05 Å². The van der Waals surface area contributed by atoms with Crippen molar-refractivity contribution in [2.24, 2.45) is 0 Å². The van der Waals surface area contributed by atoms with Gasteiger partial charge in [0.1, 0.15) is 0 Å². The lowest BCUT2D eigenvalue weighted by atomic mass is 9.88. The number of thiophene rings is 1. The summed E-state index contributed by atoms with van der Waals surface area (Å²) in [6.45, 7) is 4.56. The molecule has 2 heterocycles. The van der Waals surface area contributed by atoms with Gasteiger partial charge in [-0.2, -0.15) is 0 Å². The molecule has 0 spiro atoms. The molecule has 2 unspecified atom stereocenters. The minimum atomic E-state index is 0. The minimum Gasteiger partial charge on any atom is -0.341 e. The Kier molecular flexibility index (Phi) is 6.83. The molecule has 27 heavy (non-hydrogen) atoms. The number of hydrogen-bond acceptors (Lipinski definition) is 3. The molecule has 3 nitrogen and oxygen atoms in total. The van der Waals surface area contributed by atoms with Gasteiger partial charge in [-0.25, -0.2) is 0 Å². The van der Waals surface area contributed by atoms with Crippen molar-refractivity contribution >= 4 is 39.7 Å². The summed E-state index contributed by atoms with van der Waals surface area (Å²) in [4.78, 5) is 17.8. The topological polar surface area (TPSA) is 23.6 Å². The number of rotatable bonds is 4. The molecular weight excluding hydrogens is 376 g/mol. The molecule has 1 saturated carbocycles. The minimum absolute atomic E-state index is 0. The van der Waals surface area contributed by atoms with E-state index in [1.165, 1.54) is 66.4 Å². The lowest BCUT2D eigenvalue weighted by Gasteiger charge is -2.42. The van der Waals surface area contributed by atoms with Crippen LogP contribution in [0.2, 0.25) is 0 Å². The van der Waals surface area contributed by atoms with Crippen LogP contribution in [-0.4, -0.2) is 47.9 Å². The maximum atomic E-state index is 13.1. The molecule has 1 saturated heterocycles. The third-order valence-electron chi connectivity index (χ3n) is 6.35. The van der Waals surface area contributed by atoms with Crippen LogP contribution in [0.1, 0.15) is 49.7 Å². The third kappa shape index (κ3) is 4.33. The van der Waals surface area contributed by atoms with Gasteiger partial charge in [-0.05, 0) is 68.1 Å². The van der Waals surface area contributed by atoms with Gasteiger partial charge in [-0.1, -0.05) is 30.5 Å². The molecule has 0 radical (unpaired) electrons. The third-order valence-corrected chi connectivity index (χ3v) is 7.36. The van der Waals surface area contributed by atoms with Crippen LogP contribution in [0.5, 0.6) is 0 Å². The summed E-state index contributed by atoms with van der Waals surface area (Å²) in [6.07, 6.45) is 8.16. The van der Waals surface area contributed by atoms with Gasteiger partial charge < -0.3 is 4.90 Å². The van der Waals surface area contributed by atoms with Gasteiger partial charge in [-0.3, -0.25) is 9.69 Å². The number of amides is 1. The second kappa shape index (κ2) is 8.93.